The summed E-state index contributed by atoms with van der Waals surface area (Å²) < 4.78 is 5.56. The molecule has 0 aliphatic carbocycles. The Labute approximate surface area is 104 Å². The molecule has 96 valence electrons. The zero-order chi connectivity index (χ0) is 12.1. The van der Waals surface area contributed by atoms with Crippen LogP contribution in [0.2, 0.25) is 0 Å². The zero-order valence-corrected chi connectivity index (χ0v) is 11.0. The molecular weight excluding hydrogens is 212 g/mol. The SMILES string of the molecule is CCC1(CNCc2ccc(C)o2)CCNCC1. The molecule has 2 heterocycles. The minimum atomic E-state index is 0.493. The van der Waals surface area contributed by atoms with E-state index in [1.807, 2.05) is 13.0 Å². The first-order chi connectivity index (χ1) is 8.24. The van der Waals surface area contributed by atoms with Gasteiger partial charge in [0.2, 0.25) is 0 Å². The Kier molecular flexibility index (Phi) is 4.24. The van der Waals surface area contributed by atoms with Crippen LogP contribution < -0.4 is 10.6 Å². The summed E-state index contributed by atoms with van der Waals surface area (Å²) in [5.41, 5.74) is 0.493. The summed E-state index contributed by atoms with van der Waals surface area (Å²) in [4.78, 5) is 0. The van der Waals surface area contributed by atoms with Crippen LogP contribution in [0.25, 0.3) is 0 Å². The molecular formula is C14H24N2O. The van der Waals surface area contributed by atoms with Crippen LogP contribution in [0, 0.1) is 12.3 Å². The van der Waals surface area contributed by atoms with Gasteiger partial charge in [0.05, 0.1) is 6.54 Å². The molecule has 17 heavy (non-hydrogen) atoms. The molecule has 1 aromatic rings. The molecule has 3 nitrogen and oxygen atoms in total. The minimum absolute atomic E-state index is 0.493. The second-order valence-corrected chi connectivity index (χ2v) is 5.22. The van der Waals surface area contributed by atoms with E-state index in [1.165, 1.54) is 19.3 Å². The van der Waals surface area contributed by atoms with Gasteiger partial charge >= 0.3 is 0 Å². The molecule has 1 aliphatic heterocycles. The van der Waals surface area contributed by atoms with Gasteiger partial charge in [-0.2, -0.15) is 0 Å². The highest BCUT2D eigenvalue weighted by Gasteiger charge is 2.29. The van der Waals surface area contributed by atoms with Gasteiger partial charge in [-0.25, -0.2) is 0 Å². The Balaban J connectivity index is 1.79. The molecule has 0 spiro atoms. The summed E-state index contributed by atoms with van der Waals surface area (Å²) in [6.45, 7) is 8.58. The molecule has 1 fully saturated rings. The lowest BCUT2D eigenvalue weighted by molar-refractivity contribution is 0.184. The van der Waals surface area contributed by atoms with Crippen LogP contribution in [0.15, 0.2) is 16.5 Å². The van der Waals surface area contributed by atoms with E-state index >= 15 is 0 Å². The van der Waals surface area contributed by atoms with E-state index in [4.69, 9.17) is 4.42 Å². The van der Waals surface area contributed by atoms with Gasteiger partial charge in [0.1, 0.15) is 11.5 Å². The average Bonchev–Trinajstić information content (AvgIpc) is 2.76. The van der Waals surface area contributed by atoms with E-state index in [0.29, 0.717) is 5.41 Å². The van der Waals surface area contributed by atoms with Gasteiger partial charge in [0.15, 0.2) is 0 Å². The molecule has 0 atom stereocenters. The minimum Gasteiger partial charge on any atom is -0.465 e. The van der Waals surface area contributed by atoms with E-state index in [1.54, 1.807) is 0 Å². The Bertz CT molecular complexity index is 340. The molecule has 2 rings (SSSR count). The average molecular weight is 236 g/mol. The van der Waals surface area contributed by atoms with Crippen LogP contribution >= 0.6 is 0 Å². The van der Waals surface area contributed by atoms with Gasteiger partial charge in [-0.1, -0.05) is 6.92 Å². The number of rotatable bonds is 5. The van der Waals surface area contributed by atoms with Crippen molar-refractivity contribution in [1.82, 2.24) is 10.6 Å². The Morgan fingerprint density at radius 2 is 2.12 bits per heavy atom. The number of aryl methyl sites for hydroxylation is 1. The lowest BCUT2D eigenvalue weighted by atomic mass is 9.76. The Morgan fingerprint density at radius 1 is 1.35 bits per heavy atom. The van der Waals surface area contributed by atoms with Gasteiger partial charge in [-0.15, -0.1) is 0 Å². The third kappa shape index (κ3) is 3.33. The molecule has 1 aromatic heterocycles. The largest absolute Gasteiger partial charge is 0.465 e. The van der Waals surface area contributed by atoms with Gasteiger partial charge in [-0.05, 0) is 56.8 Å². The van der Waals surface area contributed by atoms with Gasteiger partial charge in [-0.3, -0.25) is 0 Å². The van der Waals surface area contributed by atoms with Crippen LogP contribution in [0.1, 0.15) is 37.7 Å². The highest BCUT2D eigenvalue weighted by molar-refractivity contribution is 5.05. The molecule has 0 saturated carbocycles. The molecule has 0 bridgehead atoms. The lowest BCUT2D eigenvalue weighted by Crippen LogP contribution is -2.42. The van der Waals surface area contributed by atoms with Crippen molar-refractivity contribution in [2.24, 2.45) is 5.41 Å². The number of piperidine rings is 1. The molecule has 0 aromatic carbocycles. The smallest absolute Gasteiger partial charge is 0.117 e. The molecule has 3 heteroatoms. The summed E-state index contributed by atoms with van der Waals surface area (Å²) in [6.07, 6.45) is 3.83. The van der Waals surface area contributed by atoms with Crippen molar-refractivity contribution in [3.05, 3.63) is 23.7 Å². The Morgan fingerprint density at radius 3 is 2.71 bits per heavy atom. The van der Waals surface area contributed by atoms with E-state index in [-0.39, 0.29) is 0 Å². The fraction of sp³-hybridized carbons (Fsp3) is 0.714. The monoisotopic (exact) mass is 236 g/mol. The van der Waals surface area contributed by atoms with Gasteiger partial charge in [0.25, 0.3) is 0 Å². The Hall–Kier alpha value is -0.800. The van der Waals surface area contributed by atoms with E-state index in [2.05, 4.69) is 23.6 Å². The summed E-state index contributed by atoms with van der Waals surface area (Å²) in [7, 11) is 0. The topological polar surface area (TPSA) is 37.2 Å². The first-order valence-corrected chi connectivity index (χ1v) is 6.71. The van der Waals surface area contributed by atoms with Crippen molar-refractivity contribution >= 4 is 0 Å². The lowest BCUT2D eigenvalue weighted by Gasteiger charge is -2.37. The van der Waals surface area contributed by atoms with E-state index in [0.717, 1.165) is 37.7 Å². The molecule has 0 radical (unpaired) electrons. The maximum atomic E-state index is 5.56. The summed E-state index contributed by atoms with van der Waals surface area (Å²) in [5.74, 6) is 2.04. The maximum Gasteiger partial charge on any atom is 0.117 e. The first kappa shape index (κ1) is 12.7. The molecule has 0 amide bonds. The van der Waals surface area contributed by atoms with Crippen molar-refractivity contribution in [3.63, 3.8) is 0 Å². The van der Waals surface area contributed by atoms with Crippen LogP contribution in [-0.4, -0.2) is 19.6 Å². The normalized spacial score (nSPS) is 19.4. The number of hydrogen-bond donors (Lipinski definition) is 2. The molecule has 1 saturated heterocycles. The van der Waals surface area contributed by atoms with Crippen LogP contribution in [0.4, 0.5) is 0 Å². The fourth-order valence-electron chi connectivity index (χ4n) is 2.64. The van der Waals surface area contributed by atoms with Crippen molar-refractivity contribution in [1.29, 1.82) is 0 Å². The predicted octanol–water partition coefficient (Wildman–Crippen LogP) is 2.46. The third-order valence-electron chi connectivity index (χ3n) is 4.01. The van der Waals surface area contributed by atoms with Gasteiger partial charge in [0, 0.05) is 6.54 Å². The number of furan rings is 1. The molecule has 2 N–H and O–H groups in total. The first-order valence-electron chi connectivity index (χ1n) is 6.71. The van der Waals surface area contributed by atoms with Crippen LogP contribution in [0.5, 0.6) is 0 Å². The van der Waals surface area contributed by atoms with Gasteiger partial charge < -0.3 is 15.1 Å². The van der Waals surface area contributed by atoms with Crippen molar-refractivity contribution in [3.8, 4) is 0 Å². The van der Waals surface area contributed by atoms with Crippen molar-refractivity contribution < 1.29 is 4.42 Å². The third-order valence-corrected chi connectivity index (χ3v) is 4.01. The van der Waals surface area contributed by atoms with Crippen LogP contribution in [0.3, 0.4) is 0 Å². The fourth-order valence-corrected chi connectivity index (χ4v) is 2.64. The van der Waals surface area contributed by atoms with Crippen LogP contribution in [-0.2, 0) is 6.54 Å². The second-order valence-electron chi connectivity index (χ2n) is 5.22. The summed E-state index contributed by atoms with van der Waals surface area (Å²) in [6, 6.07) is 4.08. The second kappa shape index (κ2) is 5.69. The predicted molar refractivity (Wildman–Crippen MR) is 70.0 cm³/mol. The summed E-state index contributed by atoms with van der Waals surface area (Å²) in [5, 5.41) is 6.99. The summed E-state index contributed by atoms with van der Waals surface area (Å²) >= 11 is 0. The standard InChI is InChI=1S/C14H24N2O/c1-3-14(6-8-15-9-7-14)11-16-10-13-5-4-12(2)17-13/h4-5,15-16H,3,6-11H2,1-2H3. The highest BCUT2D eigenvalue weighted by Crippen LogP contribution is 2.31. The maximum absolute atomic E-state index is 5.56. The zero-order valence-electron chi connectivity index (χ0n) is 11.0. The molecule has 1 aliphatic rings. The number of hydrogen-bond acceptors (Lipinski definition) is 3. The van der Waals surface area contributed by atoms with Crippen molar-refractivity contribution in [2.75, 3.05) is 19.6 Å². The molecule has 0 unspecified atom stereocenters. The van der Waals surface area contributed by atoms with E-state index < -0.39 is 0 Å². The highest BCUT2D eigenvalue weighted by atomic mass is 16.3. The quantitative estimate of drug-likeness (QED) is 0.824. The number of nitrogens with one attached hydrogen (secondary N) is 2. The van der Waals surface area contributed by atoms with E-state index in [9.17, 15) is 0 Å². The van der Waals surface area contributed by atoms with Crippen molar-refractivity contribution in [2.45, 2.75) is 39.7 Å².